The monoisotopic (exact) mass is 490 g/mol. The zero-order valence-electron chi connectivity index (χ0n) is 21.3. The van der Waals surface area contributed by atoms with Gasteiger partial charge in [-0.15, -0.1) is 0 Å². The molecule has 190 valence electrons. The van der Waals surface area contributed by atoms with Gasteiger partial charge in [0.1, 0.15) is 17.4 Å². The van der Waals surface area contributed by atoms with Crippen LogP contribution in [0.15, 0.2) is 61.1 Å². The predicted molar refractivity (Wildman–Crippen MR) is 138 cm³/mol. The molecule has 0 saturated carbocycles. The Kier molecular flexibility index (Phi) is 8.18. The molecule has 1 amide bonds. The summed E-state index contributed by atoms with van der Waals surface area (Å²) in [6, 6.07) is 13.1. The summed E-state index contributed by atoms with van der Waals surface area (Å²) in [6.45, 7) is 5.66. The number of methoxy groups -OCH3 is 1. The second-order valence-electron chi connectivity index (χ2n) is 9.49. The molecule has 3 heterocycles. The fraction of sp³-hybridized carbons (Fsp3) is 0.393. The van der Waals surface area contributed by atoms with Gasteiger partial charge in [-0.3, -0.25) is 14.7 Å². The molecule has 1 aromatic carbocycles. The number of fused-ring (bicyclic) bond motifs is 1. The van der Waals surface area contributed by atoms with Crippen molar-refractivity contribution in [2.24, 2.45) is 5.92 Å². The molecular formula is C28H34N4O4. The Morgan fingerprint density at radius 1 is 1.22 bits per heavy atom. The fourth-order valence-corrected chi connectivity index (χ4v) is 4.44. The van der Waals surface area contributed by atoms with Gasteiger partial charge in [-0.2, -0.15) is 0 Å². The lowest BCUT2D eigenvalue weighted by Crippen LogP contribution is -2.49. The highest BCUT2D eigenvalue weighted by atomic mass is 16.5. The fourth-order valence-electron chi connectivity index (χ4n) is 4.44. The van der Waals surface area contributed by atoms with E-state index in [0.717, 1.165) is 29.0 Å². The van der Waals surface area contributed by atoms with Crippen molar-refractivity contribution in [2.75, 3.05) is 33.9 Å². The molecule has 8 heteroatoms. The van der Waals surface area contributed by atoms with Gasteiger partial charge in [0.25, 0.3) is 5.91 Å². The van der Waals surface area contributed by atoms with Crippen molar-refractivity contribution in [3.05, 3.63) is 72.2 Å². The van der Waals surface area contributed by atoms with E-state index >= 15 is 0 Å². The van der Waals surface area contributed by atoms with E-state index in [0.29, 0.717) is 24.5 Å². The molecule has 0 saturated heterocycles. The number of amides is 1. The van der Waals surface area contributed by atoms with Gasteiger partial charge in [-0.25, -0.2) is 4.98 Å². The highest BCUT2D eigenvalue weighted by Gasteiger charge is 2.34. The number of hydrogen-bond donors (Lipinski definition) is 1. The molecule has 4 rings (SSSR count). The van der Waals surface area contributed by atoms with Crippen LogP contribution in [0.25, 0.3) is 11.1 Å². The van der Waals surface area contributed by atoms with Crippen LogP contribution in [0.1, 0.15) is 29.8 Å². The normalized spacial score (nSPS) is 18.7. The molecule has 0 bridgehead atoms. The molecule has 8 nitrogen and oxygen atoms in total. The molecule has 1 aliphatic rings. The Balaban J connectivity index is 1.65. The summed E-state index contributed by atoms with van der Waals surface area (Å²) < 4.78 is 11.7. The number of rotatable bonds is 8. The summed E-state index contributed by atoms with van der Waals surface area (Å²) in [7, 11) is 3.67. The van der Waals surface area contributed by atoms with Crippen LogP contribution in [0.2, 0.25) is 0 Å². The maximum atomic E-state index is 13.6. The zero-order valence-corrected chi connectivity index (χ0v) is 21.3. The molecule has 1 N–H and O–H groups in total. The van der Waals surface area contributed by atoms with E-state index in [4.69, 9.17) is 9.47 Å². The van der Waals surface area contributed by atoms with E-state index in [1.54, 1.807) is 24.4 Å². The summed E-state index contributed by atoms with van der Waals surface area (Å²) in [5.41, 5.74) is 3.25. The summed E-state index contributed by atoms with van der Waals surface area (Å²) in [6.07, 6.45) is 5.16. The van der Waals surface area contributed by atoms with Crippen LogP contribution in [-0.4, -0.2) is 76.8 Å². The minimum atomic E-state index is -0.329. The standard InChI is InChI=1S/C28H34N4O4/c1-19-15-32(20(2)18-33)28(34)25-12-23(22-7-9-24(35-4)10-8-22)14-30-27(25)36-26(19)17-31(3)16-21-6-5-11-29-13-21/h5-14,19-20,26,33H,15-18H2,1-4H3/t19-,20-,26-/m1/s1. The molecule has 2 aromatic heterocycles. The second kappa shape index (κ2) is 11.5. The molecule has 36 heavy (non-hydrogen) atoms. The average Bonchev–Trinajstić information content (AvgIpc) is 2.90. The number of hydrogen-bond acceptors (Lipinski definition) is 7. The molecule has 0 unspecified atom stereocenters. The van der Waals surface area contributed by atoms with Crippen molar-refractivity contribution >= 4 is 5.91 Å². The van der Waals surface area contributed by atoms with E-state index in [9.17, 15) is 9.90 Å². The minimum Gasteiger partial charge on any atom is -0.497 e. The summed E-state index contributed by atoms with van der Waals surface area (Å²) in [5.74, 6) is 0.908. The van der Waals surface area contributed by atoms with Gasteiger partial charge >= 0.3 is 0 Å². The maximum absolute atomic E-state index is 13.6. The Labute approximate surface area is 212 Å². The maximum Gasteiger partial charge on any atom is 0.259 e. The van der Waals surface area contributed by atoms with Crippen LogP contribution in [0.3, 0.4) is 0 Å². The Bertz CT molecular complexity index is 1160. The lowest BCUT2D eigenvalue weighted by atomic mass is 9.99. The number of ether oxygens (including phenoxy) is 2. The highest BCUT2D eigenvalue weighted by molar-refractivity contribution is 5.98. The molecule has 3 atom stereocenters. The van der Waals surface area contributed by atoms with Crippen molar-refractivity contribution in [3.8, 4) is 22.8 Å². The average molecular weight is 491 g/mol. The van der Waals surface area contributed by atoms with Crippen LogP contribution >= 0.6 is 0 Å². The van der Waals surface area contributed by atoms with Crippen molar-refractivity contribution in [2.45, 2.75) is 32.5 Å². The number of aliphatic hydroxyl groups is 1. The first-order valence-corrected chi connectivity index (χ1v) is 12.2. The minimum absolute atomic E-state index is 0.0236. The quantitative estimate of drug-likeness (QED) is 0.517. The van der Waals surface area contributed by atoms with Gasteiger partial charge in [0.2, 0.25) is 5.88 Å². The number of carbonyl (C=O) groups excluding carboxylic acids is 1. The first-order valence-electron chi connectivity index (χ1n) is 12.2. The smallest absolute Gasteiger partial charge is 0.259 e. The third-order valence-electron chi connectivity index (χ3n) is 6.61. The van der Waals surface area contributed by atoms with Crippen molar-refractivity contribution < 1.29 is 19.4 Å². The van der Waals surface area contributed by atoms with Crippen molar-refractivity contribution in [1.82, 2.24) is 19.8 Å². The molecule has 0 fully saturated rings. The van der Waals surface area contributed by atoms with Gasteiger partial charge in [-0.05, 0) is 49.4 Å². The molecule has 0 radical (unpaired) electrons. The molecule has 1 aliphatic heterocycles. The van der Waals surface area contributed by atoms with Gasteiger partial charge in [0.15, 0.2) is 0 Å². The lowest BCUT2D eigenvalue weighted by molar-refractivity contribution is 0.0325. The number of carbonyl (C=O) groups is 1. The van der Waals surface area contributed by atoms with Crippen molar-refractivity contribution in [1.29, 1.82) is 0 Å². The van der Waals surface area contributed by atoms with Crippen LogP contribution in [0, 0.1) is 5.92 Å². The van der Waals surface area contributed by atoms with Gasteiger partial charge in [0.05, 0.1) is 19.8 Å². The molecule has 0 aliphatic carbocycles. The SMILES string of the molecule is COc1ccc(-c2cnc3c(c2)C(=O)N([C@H](C)CO)C[C@@H](C)[C@@H](CN(C)Cc2cccnc2)O3)cc1. The molecular weight excluding hydrogens is 456 g/mol. The lowest BCUT2D eigenvalue weighted by Gasteiger charge is -2.37. The third-order valence-corrected chi connectivity index (χ3v) is 6.61. The van der Waals surface area contributed by atoms with Crippen molar-refractivity contribution in [3.63, 3.8) is 0 Å². The number of aliphatic hydroxyl groups excluding tert-OH is 1. The number of nitrogens with zero attached hydrogens (tertiary/aromatic N) is 4. The van der Waals surface area contributed by atoms with Gasteiger partial charge < -0.3 is 19.5 Å². The molecule has 3 aromatic rings. The van der Waals surface area contributed by atoms with E-state index in [-0.39, 0.29) is 30.6 Å². The van der Waals surface area contributed by atoms with E-state index in [1.165, 1.54) is 0 Å². The first-order chi connectivity index (χ1) is 17.4. The largest absolute Gasteiger partial charge is 0.497 e. The number of aromatic nitrogens is 2. The topological polar surface area (TPSA) is 88.0 Å². The number of benzene rings is 1. The van der Waals surface area contributed by atoms with Crippen LogP contribution < -0.4 is 9.47 Å². The Hall–Kier alpha value is -3.49. The van der Waals surface area contributed by atoms with E-state index in [1.807, 2.05) is 62.6 Å². The Morgan fingerprint density at radius 2 is 2.00 bits per heavy atom. The van der Waals surface area contributed by atoms with Crippen LogP contribution in [0.5, 0.6) is 11.6 Å². The zero-order chi connectivity index (χ0) is 25.7. The second-order valence-corrected chi connectivity index (χ2v) is 9.49. The highest BCUT2D eigenvalue weighted by Crippen LogP contribution is 2.31. The number of likely N-dealkylation sites (N-methyl/N-ethyl adjacent to an activating group) is 1. The van der Waals surface area contributed by atoms with Gasteiger partial charge in [0, 0.05) is 49.7 Å². The number of pyridine rings is 2. The Morgan fingerprint density at radius 3 is 2.67 bits per heavy atom. The summed E-state index contributed by atoms with van der Waals surface area (Å²) in [4.78, 5) is 26.4. The van der Waals surface area contributed by atoms with Gasteiger partial charge in [-0.1, -0.05) is 25.1 Å². The van der Waals surface area contributed by atoms with Crippen LogP contribution in [-0.2, 0) is 6.54 Å². The predicted octanol–water partition coefficient (Wildman–Crippen LogP) is 3.50. The van der Waals surface area contributed by atoms with E-state index in [2.05, 4.69) is 21.8 Å². The summed E-state index contributed by atoms with van der Waals surface area (Å²) >= 11 is 0. The van der Waals surface area contributed by atoms with E-state index < -0.39 is 0 Å². The van der Waals surface area contributed by atoms with Crippen LogP contribution in [0.4, 0.5) is 0 Å². The third kappa shape index (κ3) is 5.83. The first kappa shape index (κ1) is 25.6. The molecule has 0 spiro atoms. The summed E-state index contributed by atoms with van der Waals surface area (Å²) in [5, 5.41) is 9.89.